The van der Waals surface area contributed by atoms with Crippen LogP contribution in [0.15, 0.2) is 176 Å². The number of fused-ring (bicyclic) bond motifs is 6. The fraction of sp³-hybridized carbons (Fsp3) is 0. The predicted octanol–water partition coefficient (Wildman–Crippen LogP) is 9.64. The number of hydrogen-bond acceptors (Lipinski definition) is 0. The Labute approximate surface area is 263 Å². The van der Waals surface area contributed by atoms with Crippen molar-refractivity contribution in [2.24, 2.45) is 0 Å². The highest BCUT2D eigenvalue weighted by Crippen LogP contribution is 2.39. The molecule has 0 amide bonds. The standard InChI is InChI=1S/C42H29N2P/c1-3-15-32(16-4-1)45(33-17-5-2-6-18-33)34-28-30(43-39-23-11-7-19-35(39)36-20-8-12-24-40(36)43)27-31(29-34)44-41-25-13-9-21-37(41)38-22-10-14-26-42(38)44/h1-29H. The van der Waals surface area contributed by atoms with Gasteiger partial charge in [0.15, 0.2) is 0 Å². The molecule has 0 radical (unpaired) electrons. The molecule has 212 valence electrons. The van der Waals surface area contributed by atoms with Gasteiger partial charge in [-0.15, -0.1) is 0 Å². The lowest BCUT2D eigenvalue weighted by molar-refractivity contribution is 1.14. The molecule has 9 rings (SSSR count). The Kier molecular flexibility index (Phi) is 6.14. The molecule has 0 atom stereocenters. The van der Waals surface area contributed by atoms with Crippen LogP contribution in [0, 0.1) is 0 Å². The van der Waals surface area contributed by atoms with Gasteiger partial charge in [0.2, 0.25) is 0 Å². The third-order valence-corrected chi connectivity index (χ3v) is 11.3. The highest BCUT2D eigenvalue weighted by molar-refractivity contribution is 7.79. The van der Waals surface area contributed by atoms with Gasteiger partial charge in [0, 0.05) is 32.9 Å². The normalized spacial score (nSPS) is 11.8. The second-order valence-electron chi connectivity index (χ2n) is 11.5. The molecule has 0 aliphatic heterocycles. The minimum Gasteiger partial charge on any atom is -0.309 e. The number of benzene rings is 7. The van der Waals surface area contributed by atoms with Gasteiger partial charge in [-0.3, -0.25) is 0 Å². The summed E-state index contributed by atoms with van der Waals surface area (Å²) in [6, 6.07) is 64.4. The lowest BCUT2D eigenvalue weighted by Gasteiger charge is -2.22. The zero-order valence-electron chi connectivity index (χ0n) is 24.6. The Morgan fingerprint density at radius 1 is 0.289 bits per heavy atom. The van der Waals surface area contributed by atoms with Crippen molar-refractivity contribution < 1.29 is 0 Å². The lowest BCUT2D eigenvalue weighted by Crippen LogP contribution is -2.21. The zero-order chi connectivity index (χ0) is 29.7. The first kappa shape index (κ1) is 26.0. The molecule has 0 unspecified atom stereocenters. The van der Waals surface area contributed by atoms with E-state index in [1.54, 1.807) is 0 Å². The van der Waals surface area contributed by atoms with E-state index in [0.717, 1.165) is 0 Å². The Bertz CT molecular complexity index is 2210. The van der Waals surface area contributed by atoms with Crippen molar-refractivity contribution in [3.8, 4) is 11.4 Å². The molecule has 2 nitrogen and oxygen atoms in total. The van der Waals surface area contributed by atoms with Crippen molar-refractivity contribution in [2.45, 2.75) is 0 Å². The third kappa shape index (κ3) is 4.22. The average molecular weight is 593 g/mol. The Hall–Kier alpha value is -5.43. The molecule has 0 spiro atoms. The topological polar surface area (TPSA) is 9.86 Å². The van der Waals surface area contributed by atoms with Crippen LogP contribution >= 0.6 is 7.92 Å². The molecule has 0 saturated heterocycles. The van der Waals surface area contributed by atoms with Crippen molar-refractivity contribution in [1.29, 1.82) is 0 Å². The maximum absolute atomic E-state index is 2.45. The number of para-hydroxylation sites is 4. The van der Waals surface area contributed by atoms with E-state index in [1.807, 2.05) is 0 Å². The van der Waals surface area contributed by atoms with Crippen LogP contribution in [0.2, 0.25) is 0 Å². The molecule has 9 aromatic rings. The maximum Gasteiger partial charge on any atom is 0.0541 e. The van der Waals surface area contributed by atoms with E-state index in [9.17, 15) is 0 Å². The van der Waals surface area contributed by atoms with Gasteiger partial charge in [-0.1, -0.05) is 133 Å². The summed E-state index contributed by atoms with van der Waals surface area (Å²) in [6.45, 7) is 0. The highest BCUT2D eigenvalue weighted by atomic mass is 31.1. The van der Waals surface area contributed by atoms with E-state index in [1.165, 1.54) is 70.9 Å². The second kappa shape index (κ2) is 10.6. The lowest BCUT2D eigenvalue weighted by atomic mass is 10.2. The fourth-order valence-electron chi connectivity index (χ4n) is 6.97. The van der Waals surface area contributed by atoms with E-state index in [-0.39, 0.29) is 0 Å². The zero-order valence-corrected chi connectivity index (χ0v) is 25.5. The SMILES string of the molecule is c1ccc(P(c2ccccc2)c2cc(-n3c4ccccc4c4ccccc43)cc(-n3c4ccccc4c4ccccc43)c2)cc1. The van der Waals surface area contributed by atoms with E-state index in [0.29, 0.717) is 0 Å². The molecule has 0 bridgehead atoms. The van der Waals surface area contributed by atoms with Crippen LogP contribution in [0.5, 0.6) is 0 Å². The van der Waals surface area contributed by atoms with Crippen molar-refractivity contribution in [2.75, 3.05) is 0 Å². The Balaban J connectivity index is 1.42. The van der Waals surface area contributed by atoms with Crippen LogP contribution in [0.1, 0.15) is 0 Å². The van der Waals surface area contributed by atoms with Crippen molar-refractivity contribution in [1.82, 2.24) is 9.13 Å². The molecule has 3 heteroatoms. The van der Waals surface area contributed by atoms with E-state index in [4.69, 9.17) is 0 Å². The first-order chi connectivity index (χ1) is 22.3. The Morgan fingerprint density at radius 3 is 0.956 bits per heavy atom. The van der Waals surface area contributed by atoms with Gasteiger partial charge < -0.3 is 9.13 Å². The van der Waals surface area contributed by atoms with Gasteiger partial charge in [0.25, 0.3) is 0 Å². The minimum absolute atomic E-state index is 0.830. The summed E-state index contributed by atoms with van der Waals surface area (Å²) in [5, 5.41) is 9.07. The van der Waals surface area contributed by atoms with Crippen LogP contribution < -0.4 is 15.9 Å². The molecule has 7 aromatic carbocycles. The summed E-state index contributed by atoms with van der Waals surface area (Å²) in [6.07, 6.45) is 0. The van der Waals surface area contributed by atoms with Gasteiger partial charge in [-0.25, -0.2) is 0 Å². The summed E-state index contributed by atoms with van der Waals surface area (Å²) in [5.41, 5.74) is 7.20. The van der Waals surface area contributed by atoms with E-state index >= 15 is 0 Å². The van der Waals surface area contributed by atoms with Crippen LogP contribution in [0.4, 0.5) is 0 Å². The van der Waals surface area contributed by atoms with Crippen molar-refractivity contribution >= 4 is 67.4 Å². The summed E-state index contributed by atoms with van der Waals surface area (Å²) in [7, 11) is -0.830. The van der Waals surface area contributed by atoms with E-state index < -0.39 is 7.92 Å². The first-order valence-electron chi connectivity index (χ1n) is 15.4. The second-order valence-corrected chi connectivity index (χ2v) is 13.7. The van der Waals surface area contributed by atoms with Crippen LogP contribution in [-0.4, -0.2) is 9.13 Å². The summed E-state index contributed by atoms with van der Waals surface area (Å²) in [4.78, 5) is 0. The molecule has 0 aliphatic rings. The summed E-state index contributed by atoms with van der Waals surface area (Å²) in [5.74, 6) is 0. The molecule has 2 heterocycles. The molecule has 45 heavy (non-hydrogen) atoms. The molecule has 0 aliphatic carbocycles. The maximum atomic E-state index is 2.45. The quantitative estimate of drug-likeness (QED) is 0.176. The number of aromatic nitrogens is 2. The summed E-state index contributed by atoms with van der Waals surface area (Å²) >= 11 is 0. The van der Waals surface area contributed by atoms with Gasteiger partial charge in [-0.2, -0.15) is 0 Å². The molecule has 0 fully saturated rings. The predicted molar refractivity (Wildman–Crippen MR) is 194 cm³/mol. The van der Waals surface area contributed by atoms with Crippen LogP contribution in [0.3, 0.4) is 0 Å². The first-order valence-corrected chi connectivity index (χ1v) is 16.7. The number of nitrogens with zero attached hydrogens (tertiary/aromatic N) is 2. The fourth-order valence-corrected chi connectivity index (χ4v) is 9.33. The number of rotatable bonds is 5. The molecule has 2 aromatic heterocycles. The molecule has 0 N–H and O–H groups in total. The van der Waals surface area contributed by atoms with Gasteiger partial charge in [0.1, 0.15) is 0 Å². The molecular weight excluding hydrogens is 563 g/mol. The monoisotopic (exact) mass is 592 g/mol. The number of hydrogen-bond donors (Lipinski definition) is 0. The van der Waals surface area contributed by atoms with E-state index in [2.05, 4.69) is 185 Å². The van der Waals surface area contributed by atoms with Crippen LogP contribution in [-0.2, 0) is 0 Å². The van der Waals surface area contributed by atoms with Crippen molar-refractivity contribution in [3.63, 3.8) is 0 Å². The van der Waals surface area contributed by atoms with Gasteiger partial charge >= 0.3 is 0 Å². The smallest absolute Gasteiger partial charge is 0.0541 e. The molecular formula is C42H29N2P. The Morgan fingerprint density at radius 2 is 0.600 bits per heavy atom. The van der Waals surface area contributed by atoms with Crippen LogP contribution in [0.25, 0.3) is 55.0 Å². The van der Waals surface area contributed by atoms with Crippen molar-refractivity contribution in [3.05, 3.63) is 176 Å². The largest absolute Gasteiger partial charge is 0.309 e. The minimum atomic E-state index is -0.830. The average Bonchev–Trinajstić information content (AvgIpc) is 3.63. The van der Waals surface area contributed by atoms with Gasteiger partial charge in [0.05, 0.1) is 22.1 Å². The van der Waals surface area contributed by atoms with Gasteiger partial charge in [-0.05, 0) is 66.3 Å². The summed E-state index contributed by atoms with van der Waals surface area (Å²) < 4.78 is 4.91. The third-order valence-electron chi connectivity index (χ3n) is 8.85. The molecule has 0 saturated carbocycles. The highest BCUT2D eigenvalue weighted by Gasteiger charge is 2.21.